The highest BCUT2D eigenvalue weighted by atomic mass is 32.2. The van der Waals surface area contributed by atoms with E-state index >= 15 is 0 Å². The van der Waals surface area contributed by atoms with Crippen molar-refractivity contribution < 1.29 is 9.18 Å². The van der Waals surface area contributed by atoms with E-state index in [2.05, 4.69) is 20.8 Å². The molecule has 0 saturated carbocycles. The van der Waals surface area contributed by atoms with E-state index in [1.165, 1.54) is 23.9 Å². The van der Waals surface area contributed by atoms with Crippen LogP contribution in [0.3, 0.4) is 0 Å². The Labute approximate surface area is 170 Å². The van der Waals surface area contributed by atoms with Crippen LogP contribution in [0.5, 0.6) is 0 Å². The molecular weight excluding hydrogens is 389 g/mol. The van der Waals surface area contributed by atoms with E-state index in [-0.39, 0.29) is 5.56 Å². The summed E-state index contributed by atoms with van der Waals surface area (Å²) in [5.41, 5.74) is 1.48. The Hall–Kier alpha value is -3.52. The summed E-state index contributed by atoms with van der Waals surface area (Å²) in [7, 11) is 0. The normalized spacial score (nSPS) is 10.7. The van der Waals surface area contributed by atoms with Crippen LogP contribution in [0.4, 0.5) is 10.1 Å². The monoisotopic (exact) mass is 405 g/mol. The summed E-state index contributed by atoms with van der Waals surface area (Å²) in [6.45, 7) is 0. The van der Waals surface area contributed by atoms with Gasteiger partial charge in [0, 0.05) is 10.6 Å². The van der Waals surface area contributed by atoms with Crippen LogP contribution in [-0.4, -0.2) is 26.1 Å². The zero-order valence-electron chi connectivity index (χ0n) is 15.2. The van der Waals surface area contributed by atoms with Gasteiger partial charge in [-0.05, 0) is 52.9 Å². The van der Waals surface area contributed by atoms with E-state index in [4.69, 9.17) is 0 Å². The number of aromatic nitrogens is 4. The van der Waals surface area contributed by atoms with Crippen molar-refractivity contribution in [3.8, 4) is 5.69 Å². The molecule has 4 rings (SSSR count). The lowest BCUT2D eigenvalue weighted by Gasteiger charge is -2.08. The topological polar surface area (TPSA) is 72.7 Å². The molecule has 29 heavy (non-hydrogen) atoms. The Kier molecular flexibility index (Phi) is 5.62. The van der Waals surface area contributed by atoms with Crippen molar-refractivity contribution in [3.63, 3.8) is 0 Å². The van der Waals surface area contributed by atoms with Crippen molar-refractivity contribution in [1.82, 2.24) is 20.2 Å². The van der Waals surface area contributed by atoms with Crippen molar-refractivity contribution in [2.45, 2.75) is 10.6 Å². The number of hydrogen-bond acceptors (Lipinski definition) is 5. The quantitative estimate of drug-likeness (QED) is 0.483. The molecule has 0 saturated heterocycles. The fourth-order valence-corrected chi connectivity index (χ4v) is 3.58. The summed E-state index contributed by atoms with van der Waals surface area (Å²) in [5.74, 6) is 0.218. The highest BCUT2D eigenvalue weighted by molar-refractivity contribution is 7.98. The molecule has 4 aromatic rings. The third-order valence-electron chi connectivity index (χ3n) is 4.11. The molecule has 1 aromatic heterocycles. The summed E-state index contributed by atoms with van der Waals surface area (Å²) >= 11 is 1.54. The maximum absolute atomic E-state index is 13.8. The zero-order valence-corrected chi connectivity index (χ0v) is 16.0. The number of carbonyl (C=O) groups is 1. The zero-order chi connectivity index (χ0) is 20.1. The molecule has 1 amide bonds. The molecule has 144 valence electrons. The van der Waals surface area contributed by atoms with Crippen molar-refractivity contribution in [1.29, 1.82) is 0 Å². The minimum atomic E-state index is -0.553. The van der Waals surface area contributed by atoms with Gasteiger partial charge in [0.05, 0.1) is 17.0 Å². The van der Waals surface area contributed by atoms with E-state index < -0.39 is 11.7 Å². The van der Waals surface area contributed by atoms with Gasteiger partial charge in [-0.1, -0.05) is 36.4 Å². The summed E-state index contributed by atoms with van der Waals surface area (Å²) in [6.07, 6.45) is 0. The van der Waals surface area contributed by atoms with Crippen LogP contribution in [0, 0.1) is 5.82 Å². The average molecular weight is 405 g/mol. The number of benzene rings is 3. The molecule has 0 aliphatic heterocycles. The predicted molar refractivity (Wildman–Crippen MR) is 110 cm³/mol. The number of para-hydroxylation sites is 1. The minimum Gasteiger partial charge on any atom is -0.322 e. The summed E-state index contributed by atoms with van der Waals surface area (Å²) in [5, 5.41) is 14.6. The van der Waals surface area contributed by atoms with E-state index in [0.29, 0.717) is 17.3 Å². The Morgan fingerprint density at radius 3 is 2.62 bits per heavy atom. The molecule has 6 nitrogen and oxygen atoms in total. The van der Waals surface area contributed by atoms with Gasteiger partial charge in [-0.3, -0.25) is 4.79 Å². The summed E-state index contributed by atoms with van der Waals surface area (Å²) < 4.78 is 15.5. The minimum absolute atomic E-state index is 0.00703. The first-order chi connectivity index (χ1) is 14.2. The number of thioether (sulfide) groups is 1. The number of halogens is 1. The van der Waals surface area contributed by atoms with Gasteiger partial charge in [0.2, 0.25) is 0 Å². The number of anilines is 1. The molecular formula is C21H16FN5OS. The van der Waals surface area contributed by atoms with E-state index in [9.17, 15) is 9.18 Å². The van der Waals surface area contributed by atoms with Gasteiger partial charge >= 0.3 is 0 Å². The Balaban J connectivity index is 1.45. The number of nitrogens with one attached hydrogen (secondary N) is 1. The van der Waals surface area contributed by atoms with Gasteiger partial charge in [-0.15, -0.1) is 16.9 Å². The molecule has 0 spiro atoms. The van der Waals surface area contributed by atoms with Crippen LogP contribution in [-0.2, 0) is 5.75 Å². The second-order valence-corrected chi connectivity index (χ2v) is 7.14. The maximum atomic E-state index is 13.8. The van der Waals surface area contributed by atoms with Gasteiger partial charge in [-0.2, -0.15) is 4.68 Å². The van der Waals surface area contributed by atoms with Crippen LogP contribution in [0.2, 0.25) is 0 Å². The van der Waals surface area contributed by atoms with E-state index in [1.54, 1.807) is 22.9 Å². The third kappa shape index (κ3) is 4.49. The molecule has 0 aliphatic carbocycles. The molecule has 1 heterocycles. The average Bonchev–Trinajstić information content (AvgIpc) is 3.22. The SMILES string of the molecule is O=C(Nc1cccc(SCc2nnnn2-c2ccccc2)c1)c1ccccc1F. The van der Waals surface area contributed by atoms with Crippen LogP contribution >= 0.6 is 11.8 Å². The van der Waals surface area contributed by atoms with Crippen LogP contribution in [0.25, 0.3) is 5.69 Å². The fourth-order valence-electron chi connectivity index (χ4n) is 2.72. The maximum Gasteiger partial charge on any atom is 0.258 e. The van der Waals surface area contributed by atoms with Gasteiger partial charge in [0.1, 0.15) is 5.82 Å². The molecule has 0 atom stereocenters. The standard InChI is InChI=1S/C21H16FN5OS/c22-19-12-5-4-11-18(19)21(28)23-15-7-6-10-17(13-15)29-14-20-24-25-26-27(20)16-8-2-1-3-9-16/h1-13H,14H2,(H,23,28). The lowest BCUT2D eigenvalue weighted by molar-refractivity contribution is 0.102. The predicted octanol–water partition coefficient (Wildman–Crippen LogP) is 4.35. The first kappa shape index (κ1) is 18.8. The molecule has 0 unspecified atom stereocenters. The highest BCUT2D eigenvalue weighted by Gasteiger charge is 2.12. The van der Waals surface area contributed by atoms with Crippen LogP contribution in [0.1, 0.15) is 16.2 Å². The second kappa shape index (κ2) is 8.66. The van der Waals surface area contributed by atoms with Gasteiger partial charge in [0.15, 0.2) is 5.82 Å². The summed E-state index contributed by atoms with van der Waals surface area (Å²) in [6, 6.07) is 22.9. The Morgan fingerprint density at radius 1 is 1.00 bits per heavy atom. The van der Waals surface area contributed by atoms with E-state index in [0.717, 1.165) is 10.6 Å². The van der Waals surface area contributed by atoms with Crippen molar-refractivity contribution in [2.24, 2.45) is 0 Å². The van der Waals surface area contributed by atoms with Crippen molar-refractivity contribution >= 4 is 23.4 Å². The largest absolute Gasteiger partial charge is 0.322 e. The Morgan fingerprint density at radius 2 is 1.79 bits per heavy atom. The number of rotatable bonds is 6. The number of tetrazole rings is 1. The number of nitrogens with zero attached hydrogens (tertiary/aromatic N) is 4. The molecule has 0 radical (unpaired) electrons. The second-order valence-electron chi connectivity index (χ2n) is 6.09. The number of carbonyl (C=O) groups excluding carboxylic acids is 1. The first-order valence-electron chi connectivity index (χ1n) is 8.82. The lowest BCUT2D eigenvalue weighted by Crippen LogP contribution is -2.13. The van der Waals surface area contributed by atoms with E-state index in [1.807, 2.05) is 48.5 Å². The first-order valence-corrected chi connectivity index (χ1v) is 9.81. The van der Waals surface area contributed by atoms with Crippen molar-refractivity contribution in [2.75, 3.05) is 5.32 Å². The number of hydrogen-bond donors (Lipinski definition) is 1. The van der Waals surface area contributed by atoms with Crippen molar-refractivity contribution in [3.05, 3.63) is 96.1 Å². The molecule has 3 aromatic carbocycles. The molecule has 0 fully saturated rings. The third-order valence-corrected chi connectivity index (χ3v) is 5.10. The van der Waals surface area contributed by atoms with Gasteiger partial charge < -0.3 is 5.32 Å². The number of amides is 1. The highest BCUT2D eigenvalue weighted by Crippen LogP contribution is 2.25. The molecule has 0 aliphatic rings. The molecule has 8 heteroatoms. The summed E-state index contributed by atoms with van der Waals surface area (Å²) in [4.78, 5) is 13.2. The van der Waals surface area contributed by atoms with Crippen LogP contribution in [0.15, 0.2) is 83.8 Å². The fraction of sp³-hybridized carbons (Fsp3) is 0.0476. The van der Waals surface area contributed by atoms with Gasteiger partial charge in [-0.25, -0.2) is 4.39 Å². The van der Waals surface area contributed by atoms with Gasteiger partial charge in [0.25, 0.3) is 5.91 Å². The molecule has 0 bridgehead atoms. The Bertz CT molecular complexity index is 1130. The smallest absolute Gasteiger partial charge is 0.258 e. The lowest BCUT2D eigenvalue weighted by atomic mass is 10.2. The molecule has 1 N–H and O–H groups in total. The van der Waals surface area contributed by atoms with Crippen LogP contribution < -0.4 is 5.32 Å².